The Kier molecular flexibility index (Phi) is 2.71. The van der Waals surface area contributed by atoms with Gasteiger partial charge in [0.25, 0.3) is 0 Å². The summed E-state index contributed by atoms with van der Waals surface area (Å²) in [6, 6.07) is 3.69. The predicted octanol–water partition coefficient (Wildman–Crippen LogP) is 2.53. The smallest absolute Gasteiger partial charge is 0.211 e. The van der Waals surface area contributed by atoms with E-state index in [1.54, 1.807) is 0 Å². The summed E-state index contributed by atoms with van der Waals surface area (Å²) in [5.41, 5.74) is 2.90. The Balaban J connectivity index is 3.13. The molecule has 12 heavy (non-hydrogen) atoms. The molecule has 0 bridgehead atoms. The molecule has 1 aromatic carbocycles. The molecule has 0 atom stereocenters. The fraction of sp³-hybridized carbons (Fsp3) is 0.222. The molecule has 1 N–H and O–H groups in total. The molecular formula is C9H10ClNO. The molecule has 1 aromatic rings. The number of aryl methyl sites for hydroxylation is 2. The van der Waals surface area contributed by atoms with Crippen LogP contribution in [0.5, 0.6) is 0 Å². The maximum absolute atomic E-state index is 10.2. The van der Waals surface area contributed by atoms with Gasteiger partial charge in [0.15, 0.2) is 0 Å². The molecule has 0 fully saturated rings. The first kappa shape index (κ1) is 9.07. The highest BCUT2D eigenvalue weighted by atomic mass is 35.5. The number of carbonyl (C=O) groups is 1. The fourth-order valence-electron chi connectivity index (χ4n) is 0.955. The molecule has 0 unspecified atom stereocenters. The van der Waals surface area contributed by atoms with Crippen LogP contribution in [0.4, 0.5) is 5.69 Å². The molecule has 1 amide bonds. The Morgan fingerprint density at radius 1 is 1.33 bits per heavy atom. The topological polar surface area (TPSA) is 29.1 Å². The van der Waals surface area contributed by atoms with Crippen molar-refractivity contribution in [3.63, 3.8) is 0 Å². The number of amides is 1. The van der Waals surface area contributed by atoms with Gasteiger partial charge in [0, 0.05) is 0 Å². The van der Waals surface area contributed by atoms with Gasteiger partial charge in [-0.3, -0.25) is 4.79 Å². The summed E-state index contributed by atoms with van der Waals surface area (Å²) in [6.45, 7) is 3.95. The van der Waals surface area contributed by atoms with Crippen molar-refractivity contribution in [2.24, 2.45) is 0 Å². The van der Waals surface area contributed by atoms with Crippen molar-refractivity contribution in [1.29, 1.82) is 0 Å². The monoisotopic (exact) mass is 183 g/mol. The number of benzene rings is 1. The molecule has 3 heteroatoms. The number of nitrogens with one attached hydrogen (secondary N) is 1. The normalized spacial score (nSPS) is 9.58. The first-order chi connectivity index (χ1) is 5.65. The van der Waals surface area contributed by atoms with E-state index in [1.165, 1.54) is 0 Å². The van der Waals surface area contributed by atoms with E-state index in [0.717, 1.165) is 11.1 Å². The first-order valence-electron chi connectivity index (χ1n) is 3.62. The Morgan fingerprint density at radius 2 is 1.92 bits per heavy atom. The summed E-state index contributed by atoms with van der Waals surface area (Å²) in [7, 11) is 0. The van der Waals surface area contributed by atoms with Crippen LogP contribution >= 0.6 is 11.6 Å². The minimum Gasteiger partial charge on any atom is -0.327 e. The third-order valence-corrected chi connectivity index (χ3v) is 2.11. The van der Waals surface area contributed by atoms with Gasteiger partial charge in [-0.15, -0.1) is 0 Å². The largest absolute Gasteiger partial charge is 0.327 e. The summed E-state index contributed by atoms with van der Waals surface area (Å²) < 4.78 is 0. The number of anilines is 1. The molecule has 64 valence electrons. The maximum Gasteiger partial charge on any atom is 0.211 e. The Labute approximate surface area is 76.5 Å². The number of hydrogen-bond donors (Lipinski definition) is 1. The summed E-state index contributed by atoms with van der Waals surface area (Å²) in [5.74, 6) is 0. The molecule has 0 heterocycles. The van der Waals surface area contributed by atoms with Crippen molar-refractivity contribution in [3.8, 4) is 0 Å². The van der Waals surface area contributed by atoms with Crippen LogP contribution in [0, 0.1) is 13.8 Å². The van der Waals surface area contributed by atoms with E-state index in [1.807, 2.05) is 26.0 Å². The predicted molar refractivity (Wildman–Crippen MR) is 50.6 cm³/mol. The molecular weight excluding hydrogens is 174 g/mol. The fourth-order valence-corrected chi connectivity index (χ4v) is 1.23. The molecule has 0 aliphatic carbocycles. The average Bonchev–Trinajstić information content (AvgIpc) is 2.01. The highest BCUT2D eigenvalue weighted by Crippen LogP contribution is 2.24. The first-order valence-corrected chi connectivity index (χ1v) is 4.00. The minimum atomic E-state index is 0.574. The van der Waals surface area contributed by atoms with Crippen molar-refractivity contribution in [1.82, 2.24) is 0 Å². The van der Waals surface area contributed by atoms with Crippen molar-refractivity contribution in [2.45, 2.75) is 13.8 Å². The van der Waals surface area contributed by atoms with E-state index >= 15 is 0 Å². The van der Waals surface area contributed by atoms with Gasteiger partial charge in [0.05, 0.1) is 10.7 Å². The second-order valence-corrected chi connectivity index (χ2v) is 3.09. The number of carbonyl (C=O) groups excluding carboxylic acids is 1. The van der Waals surface area contributed by atoms with Crippen LogP contribution in [0.1, 0.15) is 11.1 Å². The quantitative estimate of drug-likeness (QED) is 0.702. The molecule has 0 saturated carbocycles. The van der Waals surface area contributed by atoms with E-state index in [-0.39, 0.29) is 0 Å². The van der Waals surface area contributed by atoms with Crippen LogP contribution in [0.3, 0.4) is 0 Å². The lowest BCUT2D eigenvalue weighted by atomic mass is 10.1. The second kappa shape index (κ2) is 3.59. The highest BCUT2D eigenvalue weighted by molar-refractivity contribution is 6.33. The van der Waals surface area contributed by atoms with Gasteiger partial charge >= 0.3 is 0 Å². The van der Waals surface area contributed by atoms with Gasteiger partial charge in [-0.1, -0.05) is 11.6 Å². The Bertz CT molecular complexity index is 310. The van der Waals surface area contributed by atoms with E-state index in [9.17, 15) is 4.79 Å². The van der Waals surface area contributed by atoms with Gasteiger partial charge in [-0.2, -0.15) is 0 Å². The summed E-state index contributed by atoms with van der Waals surface area (Å²) in [5, 5.41) is 3.11. The molecule has 0 aromatic heterocycles. The van der Waals surface area contributed by atoms with Gasteiger partial charge < -0.3 is 5.32 Å². The summed E-state index contributed by atoms with van der Waals surface area (Å²) in [4.78, 5) is 10.2. The molecule has 0 saturated heterocycles. The minimum absolute atomic E-state index is 0.574. The molecule has 0 aliphatic rings. The SMILES string of the molecule is Cc1cc(Cl)c(NC=O)cc1C. The highest BCUT2D eigenvalue weighted by Gasteiger charge is 2.01. The molecule has 0 radical (unpaired) electrons. The molecule has 1 rings (SSSR count). The van der Waals surface area contributed by atoms with Gasteiger partial charge in [-0.25, -0.2) is 0 Å². The van der Waals surface area contributed by atoms with E-state index in [4.69, 9.17) is 11.6 Å². The maximum atomic E-state index is 10.2. The standard InChI is InChI=1S/C9H10ClNO/c1-6-3-8(10)9(11-5-12)4-7(6)2/h3-5H,1-2H3,(H,11,12). The summed E-state index contributed by atoms with van der Waals surface area (Å²) >= 11 is 5.86. The zero-order valence-electron chi connectivity index (χ0n) is 7.02. The molecule has 2 nitrogen and oxygen atoms in total. The number of rotatable bonds is 2. The van der Waals surface area contributed by atoms with E-state index < -0.39 is 0 Å². The van der Waals surface area contributed by atoms with Crippen LogP contribution in [0.15, 0.2) is 12.1 Å². The lowest BCUT2D eigenvalue weighted by Crippen LogP contribution is -1.95. The Morgan fingerprint density at radius 3 is 2.50 bits per heavy atom. The lowest BCUT2D eigenvalue weighted by molar-refractivity contribution is -0.105. The van der Waals surface area contributed by atoms with Crippen molar-refractivity contribution < 1.29 is 4.79 Å². The van der Waals surface area contributed by atoms with Crippen molar-refractivity contribution in [2.75, 3.05) is 5.32 Å². The Hall–Kier alpha value is -1.02. The van der Waals surface area contributed by atoms with Gasteiger partial charge in [0.2, 0.25) is 6.41 Å². The zero-order valence-corrected chi connectivity index (χ0v) is 7.77. The van der Waals surface area contributed by atoms with Gasteiger partial charge in [-0.05, 0) is 37.1 Å². The average molecular weight is 184 g/mol. The van der Waals surface area contributed by atoms with E-state index in [2.05, 4.69) is 5.32 Å². The van der Waals surface area contributed by atoms with Gasteiger partial charge in [0.1, 0.15) is 0 Å². The van der Waals surface area contributed by atoms with Crippen LogP contribution in [-0.4, -0.2) is 6.41 Å². The van der Waals surface area contributed by atoms with Crippen LogP contribution in [0.25, 0.3) is 0 Å². The zero-order chi connectivity index (χ0) is 9.14. The lowest BCUT2D eigenvalue weighted by Gasteiger charge is -2.05. The van der Waals surface area contributed by atoms with E-state index in [0.29, 0.717) is 17.1 Å². The summed E-state index contributed by atoms with van der Waals surface area (Å²) in [6.07, 6.45) is 0.621. The molecule has 0 aliphatic heterocycles. The van der Waals surface area contributed by atoms with Crippen molar-refractivity contribution in [3.05, 3.63) is 28.3 Å². The van der Waals surface area contributed by atoms with Crippen molar-refractivity contribution >= 4 is 23.7 Å². The molecule has 0 spiro atoms. The van der Waals surface area contributed by atoms with Crippen LogP contribution in [0.2, 0.25) is 5.02 Å². The number of halogens is 1. The third kappa shape index (κ3) is 1.77. The third-order valence-electron chi connectivity index (χ3n) is 1.80. The second-order valence-electron chi connectivity index (χ2n) is 2.68. The van der Waals surface area contributed by atoms with Crippen LogP contribution < -0.4 is 5.32 Å². The number of hydrogen-bond acceptors (Lipinski definition) is 1. The van der Waals surface area contributed by atoms with Crippen LogP contribution in [-0.2, 0) is 4.79 Å².